The molecule has 0 N–H and O–H groups in total. The fraction of sp³-hybridized carbons (Fsp3) is 0.200. The van der Waals surface area contributed by atoms with E-state index < -0.39 is 0 Å². The Kier molecular flexibility index (Phi) is 3.43. The maximum Gasteiger partial charge on any atom is 0.127 e. The van der Waals surface area contributed by atoms with Gasteiger partial charge in [0.15, 0.2) is 0 Å². The standard InChI is InChI=1S/C15H15FO/c1-11(14-5-3-4-6-15(14)16)12-7-9-13(17-2)10-8-12/h3-11H,1-2H3. The van der Waals surface area contributed by atoms with Crippen LogP contribution in [0.25, 0.3) is 0 Å². The van der Waals surface area contributed by atoms with Gasteiger partial charge < -0.3 is 4.74 Å². The van der Waals surface area contributed by atoms with Crippen LogP contribution in [-0.4, -0.2) is 7.11 Å². The number of benzene rings is 2. The second-order valence-electron chi connectivity index (χ2n) is 4.02. The zero-order valence-electron chi connectivity index (χ0n) is 9.98. The van der Waals surface area contributed by atoms with Crippen LogP contribution in [-0.2, 0) is 0 Å². The Morgan fingerprint density at radius 3 is 2.24 bits per heavy atom. The third kappa shape index (κ3) is 2.47. The SMILES string of the molecule is COc1ccc(C(C)c2ccccc2F)cc1. The number of methoxy groups -OCH3 is 1. The van der Waals surface area contributed by atoms with E-state index in [2.05, 4.69) is 0 Å². The molecule has 0 saturated carbocycles. The van der Waals surface area contributed by atoms with Crippen LogP contribution in [0.1, 0.15) is 24.0 Å². The Morgan fingerprint density at radius 1 is 1.00 bits per heavy atom. The van der Waals surface area contributed by atoms with Crippen LogP contribution < -0.4 is 4.74 Å². The van der Waals surface area contributed by atoms with Crippen molar-refractivity contribution in [3.05, 3.63) is 65.5 Å². The van der Waals surface area contributed by atoms with Crippen molar-refractivity contribution in [2.75, 3.05) is 7.11 Å². The molecule has 2 heteroatoms. The van der Waals surface area contributed by atoms with Crippen molar-refractivity contribution >= 4 is 0 Å². The molecule has 0 saturated heterocycles. The third-order valence-corrected chi connectivity index (χ3v) is 2.99. The minimum Gasteiger partial charge on any atom is -0.497 e. The maximum atomic E-state index is 13.6. The lowest BCUT2D eigenvalue weighted by molar-refractivity contribution is 0.414. The lowest BCUT2D eigenvalue weighted by Gasteiger charge is -2.13. The lowest BCUT2D eigenvalue weighted by Crippen LogP contribution is -1.99. The molecule has 88 valence electrons. The van der Waals surface area contributed by atoms with Crippen molar-refractivity contribution in [3.63, 3.8) is 0 Å². The molecular weight excluding hydrogens is 215 g/mol. The summed E-state index contributed by atoms with van der Waals surface area (Å²) in [6, 6.07) is 14.6. The highest BCUT2D eigenvalue weighted by Crippen LogP contribution is 2.27. The molecule has 0 aliphatic carbocycles. The molecule has 2 rings (SSSR count). The molecule has 0 aliphatic rings. The fourth-order valence-corrected chi connectivity index (χ4v) is 1.90. The highest BCUT2D eigenvalue weighted by Gasteiger charge is 2.12. The van der Waals surface area contributed by atoms with Crippen LogP contribution in [0.15, 0.2) is 48.5 Å². The summed E-state index contributed by atoms with van der Waals surface area (Å²) in [6.45, 7) is 2.00. The van der Waals surface area contributed by atoms with Crippen LogP contribution in [0.2, 0.25) is 0 Å². The van der Waals surface area contributed by atoms with E-state index in [0.717, 1.165) is 16.9 Å². The summed E-state index contributed by atoms with van der Waals surface area (Å²) in [4.78, 5) is 0. The molecular formula is C15H15FO. The van der Waals surface area contributed by atoms with Gasteiger partial charge in [-0.3, -0.25) is 0 Å². The van der Waals surface area contributed by atoms with Gasteiger partial charge in [-0.2, -0.15) is 0 Å². The average molecular weight is 230 g/mol. The summed E-state index contributed by atoms with van der Waals surface area (Å²) in [5.74, 6) is 0.701. The van der Waals surface area contributed by atoms with Crippen molar-refractivity contribution in [2.45, 2.75) is 12.8 Å². The molecule has 1 unspecified atom stereocenters. The van der Waals surface area contributed by atoms with E-state index in [-0.39, 0.29) is 11.7 Å². The van der Waals surface area contributed by atoms with Gasteiger partial charge in [-0.05, 0) is 29.3 Å². The van der Waals surface area contributed by atoms with Crippen LogP contribution >= 0.6 is 0 Å². The quantitative estimate of drug-likeness (QED) is 0.774. The average Bonchev–Trinajstić information content (AvgIpc) is 2.39. The van der Waals surface area contributed by atoms with Gasteiger partial charge in [-0.15, -0.1) is 0 Å². The van der Waals surface area contributed by atoms with E-state index in [1.54, 1.807) is 13.2 Å². The summed E-state index contributed by atoms with van der Waals surface area (Å²) in [5.41, 5.74) is 1.80. The molecule has 1 atom stereocenters. The first kappa shape index (κ1) is 11.6. The van der Waals surface area contributed by atoms with Crippen LogP contribution in [0.3, 0.4) is 0 Å². The minimum atomic E-state index is -0.157. The van der Waals surface area contributed by atoms with E-state index in [1.807, 2.05) is 43.3 Å². The monoisotopic (exact) mass is 230 g/mol. The molecule has 0 spiro atoms. The van der Waals surface area contributed by atoms with Gasteiger partial charge in [0.2, 0.25) is 0 Å². The molecule has 0 radical (unpaired) electrons. The number of rotatable bonds is 3. The van der Waals surface area contributed by atoms with Crippen molar-refractivity contribution in [3.8, 4) is 5.75 Å². The van der Waals surface area contributed by atoms with Gasteiger partial charge >= 0.3 is 0 Å². The molecule has 0 bridgehead atoms. The van der Waals surface area contributed by atoms with Crippen LogP contribution in [0, 0.1) is 5.82 Å². The van der Waals surface area contributed by atoms with Crippen LogP contribution in [0.5, 0.6) is 5.75 Å². The Morgan fingerprint density at radius 2 is 1.65 bits per heavy atom. The molecule has 1 nitrogen and oxygen atoms in total. The first-order valence-electron chi connectivity index (χ1n) is 5.60. The summed E-state index contributed by atoms with van der Waals surface area (Å²) in [5, 5.41) is 0. The molecule has 17 heavy (non-hydrogen) atoms. The van der Waals surface area contributed by atoms with Gasteiger partial charge in [-0.1, -0.05) is 37.3 Å². The molecule has 0 aromatic heterocycles. The van der Waals surface area contributed by atoms with Gasteiger partial charge in [0.05, 0.1) is 7.11 Å². The van der Waals surface area contributed by atoms with E-state index >= 15 is 0 Å². The molecule has 0 fully saturated rings. The highest BCUT2D eigenvalue weighted by molar-refractivity contribution is 5.35. The summed E-state index contributed by atoms with van der Waals surface area (Å²) in [6.07, 6.45) is 0. The Hall–Kier alpha value is -1.83. The van der Waals surface area contributed by atoms with E-state index in [4.69, 9.17) is 4.74 Å². The first-order valence-corrected chi connectivity index (χ1v) is 5.60. The van der Waals surface area contributed by atoms with Crippen molar-refractivity contribution in [1.29, 1.82) is 0 Å². The summed E-state index contributed by atoms with van der Waals surface area (Å²) in [7, 11) is 1.63. The van der Waals surface area contributed by atoms with Crippen molar-refractivity contribution in [1.82, 2.24) is 0 Å². The zero-order valence-corrected chi connectivity index (χ0v) is 9.98. The first-order chi connectivity index (χ1) is 8.22. The minimum absolute atomic E-state index is 0.0436. The fourth-order valence-electron chi connectivity index (χ4n) is 1.90. The normalized spacial score (nSPS) is 12.2. The van der Waals surface area contributed by atoms with Crippen molar-refractivity contribution in [2.24, 2.45) is 0 Å². The molecule has 0 heterocycles. The maximum absolute atomic E-state index is 13.6. The van der Waals surface area contributed by atoms with Gasteiger partial charge in [-0.25, -0.2) is 4.39 Å². The largest absolute Gasteiger partial charge is 0.497 e. The predicted molar refractivity (Wildman–Crippen MR) is 66.9 cm³/mol. The van der Waals surface area contributed by atoms with E-state index in [9.17, 15) is 4.39 Å². The molecule has 0 amide bonds. The van der Waals surface area contributed by atoms with Crippen molar-refractivity contribution < 1.29 is 9.13 Å². The van der Waals surface area contributed by atoms with Gasteiger partial charge in [0.25, 0.3) is 0 Å². The lowest BCUT2D eigenvalue weighted by atomic mass is 9.93. The second-order valence-corrected chi connectivity index (χ2v) is 4.02. The third-order valence-electron chi connectivity index (χ3n) is 2.99. The Balaban J connectivity index is 2.30. The Labute approximate surface area is 101 Å². The number of halogens is 1. The van der Waals surface area contributed by atoms with Gasteiger partial charge in [0.1, 0.15) is 11.6 Å². The Bertz CT molecular complexity index is 491. The smallest absolute Gasteiger partial charge is 0.127 e. The summed E-state index contributed by atoms with van der Waals surface area (Å²) < 4.78 is 18.8. The number of hydrogen-bond donors (Lipinski definition) is 0. The molecule has 2 aromatic rings. The summed E-state index contributed by atoms with van der Waals surface area (Å²) >= 11 is 0. The van der Waals surface area contributed by atoms with E-state index in [0.29, 0.717) is 0 Å². The number of ether oxygens (including phenoxy) is 1. The van der Waals surface area contributed by atoms with E-state index in [1.165, 1.54) is 6.07 Å². The molecule has 0 aliphatic heterocycles. The topological polar surface area (TPSA) is 9.23 Å². The molecule has 2 aromatic carbocycles. The highest BCUT2D eigenvalue weighted by atomic mass is 19.1. The second kappa shape index (κ2) is 5.00. The predicted octanol–water partition coefficient (Wildman–Crippen LogP) is 3.99. The zero-order chi connectivity index (χ0) is 12.3. The van der Waals surface area contributed by atoms with Gasteiger partial charge in [0, 0.05) is 5.92 Å². The van der Waals surface area contributed by atoms with Crippen LogP contribution in [0.4, 0.5) is 4.39 Å². The number of hydrogen-bond acceptors (Lipinski definition) is 1.